The molecule has 1 N–H and O–H groups in total. The number of para-hydroxylation sites is 1. The average molecular weight is 353 g/mol. The molecule has 0 spiro atoms. The largest absolute Gasteiger partial charge is 0.453 e. The second kappa shape index (κ2) is 9.76. The molecule has 4 nitrogen and oxygen atoms in total. The zero-order chi connectivity index (χ0) is 18.9. The Morgan fingerprint density at radius 2 is 1.65 bits per heavy atom. The normalized spacial score (nSPS) is 12.9. The van der Waals surface area contributed by atoms with Gasteiger partial charge in [-0.25, -0.2) is 0 Å². The Morgan fingerprint density at radius 1 is 1.00 bits per heavy atom. The van der Waals surface area contributed by atoms with Gasteiger partial charge in [-0.1, -0.05) is 62.4 Å². The lowest BCUT2D eigenvalue weighted by molar-refractivity contribution is -0.153. The van der Waals surface area contributed by atoms with Crippen LogP contribution < -0.4 is 5.32 Å². The number of esters is 1. The van der Waals surface area contributed by atoms with Gasteiger partial charge in [0.05, 0.1) is 0 Å². The molecule has 2 atom stereocenters. The lowest BCUT2D eigenvalue weighted by atomic mass is 9.97. The molecule has 0 aliphatic rings. The number of anilines is 1. The molecule has 0 heterocycles. The van der Waals surface area contributed by atoms with Crippen LogP contribution in [0.3, 0.4) is 0 Å². The Bertz CT molecular complexity index is 727. The molecule has 0 unspecified atom stereocenters. The summed E-state index contributed by atoms with van der Waals surface area (Å²) in [5.41, 5.74) is 2.94. The Morgan fingerprint density at radius 3 is 2.35 bits per heavy atom. The van der Waals surface area contributed by atoms with Crippen molar-refractivity contribution in [2.45, 2.75) is 52.1 Å². The van der Waals surface area contributed by atoms with Crippen LogP contribution in [0.4, 0.5) is 5.69 Å². The van der Waals surface area contributed by atoms with Gasteiger partial charge in [0.1, 0.15) is 0 Å². The standard InChI is InChI=1S/C22H27NO3/c1-4-16(2)19-12-8-9-13-20(19)23-22(25)17(3)26-21(24)15-14-18-10-6-5-7-11-18/h5-13,16-17H,4,14-15H2,1-3H3,(H,23,25)/t16-,17+/m0/s1. The Labute approximate surface area is 155 Å². The molecule has 4 heteroatoms. The van der Waals surface area contributed by atoms with Gasteiger partial charge in [0, 0.05) is 12.1 Å². The van der Waals surface area contributed by atoms with Crippen LogP contribution in [0, 0.1) is 0 Å². The number of ether oxygens (including phenoxy) is 1. The maximum absolute atomic E-state index is 12.4. The van der Waals surface area contributed by atoms with Crippen LogP contribution in [0.1, 0.15) is 50.7 Å². The summed E-state index contributed by atoms with van der Waals surface area (Å²) < 4.78 is 5.28. The molecular weight excluding hydrogens is 326 g/mol. The van der Waals surface area contributed by atoms with E-state index in [1.165, 1.54) is 0 Å². The predicted octanol–water partition coefficient (Wildman–Crippen LogP) is 4.70. The molecule has 2 aromatic carbocycles. The molecule has 26 heavy (non-hydrogen) atoms. The van der Waals surface area contributed by atoms with Crippen LogP contribution in [0.15, 0.2) is 54.6 Å². The van der Waals surface area contributed by atoms with Crippen molar-refractivity contribution in [2.75, 3.05) is 5.32 Å². The van der Waals surface area contributed by atoms with Crippen LogP contribution in [0.2, 0.25) is 0 Å². The van der Waals surface area contributed by atoms with E-state index in [9.17, 15) is 9.59 Å². The fourth-order valence-electron chi connectivity index (χ4n) is 2.70. The highest BCUT2D eigenvalue weighted by Gasteiger charge is 2.19. The number of hydrogen-bond donors (Lipinski definition) is 1. The summed E-state index contributed by atoms with van der Waals surface area (Å²) in [7, 11) is 0. The van der Waals surface area contributed by atoms with Crippen molar-refractivity contribution < 1.29 is 14.3 Å². The summed E-state index contributed by atoms with van der Waals surface area (Å²) in [6.45, 7) is 5.83. The fraction of sp³-hybridized carbons (Fsp3) is 0.364. The van der Waals surface area contributed by atoms with Crippen LogP contribution >= 0.6 is 0 Å². The molecule has 0 radical (unpaired) electrons. The summed E-state index contributed by atoms with van der Waals surface area (Å²) in [6, 6.07) is 17.5. The lowest BCUT2D eigenvalue weighted by Crippen LogP contribution is -2.30. The van der Waals surface area contributed by atoms with Crippen LogP contribution in [0.5, 0.6) is 0 Å². The van der Waals surface area contributed by atoms with Gasteiger partial charge < -0.3 is 10.1 Å². The second-order valence-electron chi connectivity index (χ2n) is 6.50. The quantitative estimate of drug-likeness (QED) is 0.700. The van der Waals surface area contributed by atoms with E-state index in [-0.39, 0.29) is 18.3 Å². The number of aryl methyl sites for hydroxylation is 1. The SMILES string of the molecule is CC[C@H](C)c1ccccc1NC(=O)[C@@H](C)OC(=O)CCc1ccccc1. The molecule has 0 aliphatic carbocycles. The minimum atomic E-state index is -0.830. The third-order valence-electron chi connectivity index (χ3n) is 4.50. The Kier molecular flexibility index (Phi) is 7.39. The molecule has 0 saturated carbocycles. The third-order valence-corrected chi connectivity index (χ3v) is 4.50. The monoisotopic (exact) mass is 353 g/mol. The van der Waals surface area contributed by atoms with Gasteiger partial charge >= 0.3 is 5.97 Å². The summed E-state index contributed by atoms with van der Waals surface area (Å²) in [6.07, 6.45) is 1.01. The van der Waals surface area contributed by atoms with E-state index in [1.54, 1.807) is 6.92 Å². The number of carbonyl (C=O) groups is 2. The van der Waals surface area contributed by atoms with Gasteiger partial charge in [-0.2, -0.15) is 0 Å². The third kappa shape index (κ3) is 5.73. The first-order valence-corrected chi connectivity index (χ1v) is 9.14. The Balaban J connectivity index is 1.88. The molecule has 0 fully saturated rings. The van der Waals surface area contributed by atoms with Gasteiger partial charge in [-0.3, -0.25) is 9.59 Å². The van der Waals surface area contributed by atoms with E-state index in [0.29, 0.717) is 12.3 Å². The second-order valence-corrected chi connectivity index (χ2v) is 6.50. The van der Waals surface area contributed by atoms with Crippen molar-refractivity contribution in [3.8, 4) is 0 Å². The highest BCUT2D eigenvalue weighted by atomic mass is 16.5. The molecule has 2 rings (SSSR count). The molecule has 1 amide bonds. The Hall–Kier alpha value is -2.62. The zero-order valence-corrected chi connectivity index (χ0v) is 15.7. The van der Waals surface area contributed by atoms with E-state index in [4.69, 9.17) is 4.74 Å². The topological polar surface area (TPSA) is 55.4 Å². The van der Waals surface area contributed by atoms with Crippen LogP contribution in [-0.2, 0) is 20.7 Å². The van der Waals surface area contributed by atoms with Crippen molar-refractivity contribution in [3.63, 3.8) is 0 Å². The first-order valence-electron chi connectivity index (χ1n) is 9.14. The summed E-state index contributed by atoms with van der Waals surface area (Å²) >= 11 is 0. The van der Waals surface area contributed by atoms with E-state index < -0.39 is 6.10 Å². The molecule has 138 valence electrons. The zero-order valence-electron chi connectivity index (χ0n) is 15.7. The molecule has 2 aromatic rings. The summed E-state index contributed by atoms with van der Waals surface area (Å²) in [4.78, 5) is 24.4. The minimum absolute atomic E-state index is 0.255. The number of nitrogens with one attached hydrogen (secondary N) is 1. The maximum Gasteiger partial charge on any atom is 0.306 e. The maximum atomic E-state index is 12.4. The molecule has 0 bridgehead atoms. The summed E-state index contributed by atoms with van der Waals surface area (Å²) in [5, 5.41) is 2.89. The molecule has 0 saturated heterocycles. The first-order chi connectivity index (χ1) is 12.5. The highest BCUT2D eigenvalue weighted by Crippen LogP contribution is 2.26. The van der Waals surface area contributed by atoms with Gasteiger partial charge in [0.15, 0.2) is 6.10 Å². The van der Waals surface area contributed by atoms with Crippen LogP contribution in [-0.4, -0.2) is 18.0 Å². The minimum Gasteiger partial charge on any atom is -0.453 e. The smallest absolute Gasteiger partial charge is 0.306 e. The number of amides is 1. The first kappa shape index (κ1) is 19.7. The van der Waals surface area contributed by atoms with Gasteiger partial charge in [0.2, 0.25) is 0 Å². The lowest BCUT2D eigenvalue weighted by Gasteiger charge is -2.18. The van der Waals surface area contributed by atoms with Gasteiger partial charge in [-0.15, -0.1) is 0 Å². The molecule has 0 aromatic heterocycles. The van der Waals surface area contributed by atoms with E-state index in [1.807, 2.05) is 54.6 Å². The predicted molar refractivity (Wildman–Crippen MR) is 104 cm³/mol. The fourth-order valence-corrected chi connectivity index (χ4v) is 2.70. The van der Waals surface area contributed by atoms with Gasteiger partial charge in [0.25, 0.3) is 5.91 Å². The van der Waals surface area contributed by atoms with Crippen LogP contribution in [0.25, 0.3) is 0 Å². The van der Waals surface area contributed by atoms with Crippen molar-refractivity contribution in [2.24, 2.45) is 0 Å². The number of carbonyl (C=O) groups excluding carboxylic acids is 2. The number of hydrogen-bond acceptors (Lipinski definition) is 3. The van der Waals surface area contributed by atoms with E-state index in [0.717, 1.165) is 23.2 Å². The number of benzene rings is 2. The van der Waals surface area contributed by atoms with Crippen molar-refractivity contribution in [1.82, 2.24) is 0 Å². The van der Waals surface area contributed by atoms with E-state index in [2.05, 4.69) is 19.2 Å². The van der Waals surface area contributed by atoms with Crippen molar-refractivity contribution in [1.29, 1.82) is 0 Å². The highest BCUT2D eigenvalue weighted by molar-refractivity contribution is 5.95. The van der Waals surface area contributed by atoms with Crippen molar-refractivity contribution in [3.05, 3.63) is 65.7 Å². The average Bonchev–Trinajstić information content (AvgIpc) is 2.67. The molecular formula is C22H27NO3. The summed E-state index contributed by atoms with van der Waals surface area (Å²) in [5.74, 6) is -0.337. The van der Waals surface area contributed by atoms with E-state index >= 15 is 0 Å². The van der Waals surface area contributed by atoms with Crippen molar-refractivity contribution >= 4 is 17.6 Å². The van der Waals surface area contributed by atoms with Gasteiger partial charge in [-0.05, 0) is 42.9 Å². The number of rotatable bonds is 8. The molecule has 0 aliphatic heterocycles.